The van der Waals surface area contributed by atoms with E-state index in [0.29, 0.717) is 12.8 Å². The number of carbonyl (C=O) groups is 2. The first-order valence-corrected chi connectivity index (χ1v) is 5.12. The van der Waals surface area contributed by atoms with Crippen LogP contribution >= 0.6 is 12.6 Å². The molecule has 1 N–H and O–H groups in total. The van der Waals surface area contributed by atoms with Crippen molar-refractivity contribution in [2.24, 2.45) is 0 Å². The molecule has 1 unspecified atom stereocenters. The molecule has 0 aromatic rings. The van der Waals surface area contributed by atoms with E-state index in [0.717, 1.165) is 6.42 Å². The summed E-state index contributed by atoms with van der Waals surface area (Å²) in [6, 6.07) is 0. The SMILES string of the molecule is COC(=O)NC1(C(=O)C(C)S)CCC1. The lowest BCUT2D eigenvalue weighted by atomic mass is 9.73. The average Bonchev–Trinajstić information content (AvgIpc) is 2.09. The number of alkyl carbamates (subject to hydrolysis) is 1. The van der Waals surface area contributed by atoms with Gasteiger partial charge in [-0.2, -0.15) is 12.6 Å². The zero-order chi connectivity index (χ0) is 10.8. The summed E-state index contributed by atoms with van der Waals surface area (Å²) >= 11 is 4.08. The lowest BCUT2D eigenvalue weighted by Gasteiger charge is -2.41. The second-order valence-electron chi connectivity index (χ2n) is 3.59. The third-order valence-electron chi connectivity index (χ3n) is 2.58. The Morgan fingerprint density at radius 3 is 2.36 bits per heavy atom. The Balaban J connectivity index is 2.67. The number of ketones is 1. The van der Waals surface area contributed by atoms with Crippen LogP contribution in [-0.2, 0) is 9.53 Å². The Hall–Kier alpha value is -0.710. The van der Waals surface area contributed by atoms with Crippen molar-refractivity contribution >= 4 is 24.5 Å². The zero-order valence-electron chi connectivity index (χ0n) is 8.37. The van der Waals surface area contributed by atoms with Crippen molar-refractivity contribution in [1.29, 1.82) is 0 Å². The minimum absolute atomic E-state index is 0.0301. The number of nitrogens with one attached hydrogen (secondary N) is 1. The lowest BCUT2D eigenvalue weighted by Crippen LogP contribution is -2.60. The highest BCUT2D eigenvalue weighted by molar-refractivity contribution is 7.81. The highest BCUT2D eigenvalue weighted by Gasteiger charge is 2.46. The van der Waals surface area contributed by atoms with Gasteiger partial charge in [0.2, 0.25) is 0 Å². The highest BCUT2D eigenvalue weighted by atomic mass is 32.1. The fourth-order valence-corrected chi connectivity index (χ4v) is 1.86. The molecule has 1 aliphatic rings. The van der Waals surface area contributed by atoms with Gasteiger partial charge < -0.3 is 10.1 Å². The van der Waals surface area contributed by atoms with Crippen LogP contribution in [0.2, 0.25) is 0 Å². The molecule has 0 aromatic carbocycles. The highest BCUT2D eigenvalue weighted by Crippen LogP contribution is 2.34. The van der Waals surface area contributed by atoms with Gasteiger partial charge in [-0.05, 0) is 26.2 Å². The van der Waals surface area contributed by atoms with Gasteiger partial charge in [0.15, 0.2) is 5.78 Å². The number of hydrogen-bond donors (Lipinski definition) is 2. The van der Waals surface area contributed by atoms with Crippen LogP contribution in [0.1, 0.15) is 26.2 Å². The molecule has 1 saturated carbocycles. The second-order valence-corrected chi connectivity index (χ2v) is 4.37. The molecule has 0 saturated heterocycles. The van der Waals surface area contributed by atoms with E-state index in [1.165, 1.54) is 7.11 Å². The molecule has 1 rings (SSSR count). The number of rotatable bonds is 3. The van der Waals surface area contributed by atoms with Crippen LogP contribution in [0.15, 0.2) is 0 Å². The van der Waals surface area contributed by atoms with Gasteiger partial charge >= 0.3 is 6.09 Å². The summed E-state index contributed by atoms with van der Waals surface area (Å²) in [7, 11) is 1.29. The predicted molar refractivity (Wildman–Crippen MR) is 55.6 cm³/mol. The number of Topliss-reactive ketones (excluding diaryl/α,β-unsaturated/α-hetero) is 1. The number of hydrogen-bond acceptors (Lipinski definition) is 4. The molecule has 1 aliphatic carbocycles. The summed E-state index contributed by atoms with van der Waals surface area (Å²) in [5, 5.41) is 2.25. The van der Waals surface area contributed by atoms with Crippen molar-refractivity contribution in [3.8, 4) is 0 Å². The largest absolute Gasteiger partial charge is 0.453 e. The van der Waals surface area contributed by atoms with Crippen LogP contribution in [-0.4, -0.2) is 29.8 Å². The Labute approximate surface area is 88.8 Å². The molecule has 0 bridgehead atoms. The van der Waals surface area contributed by atoms with Crippen molar-refractivity contribution in [2.75, 3.05) is 7.11 Å². The average molecular weight is 217 g/mol. The topological polar surface area (TPSA) is 55.4 Å². The lowest BCUT2D eigenvalue weighted by molar-refractivity contribution is -0.127. The van der Waals surface area contributed by atoms with Gasteiger partial charge in [-0.1, -0.05) is 0 Å². The van der Waals surface area contributed by atoms with Crippen molar-refractivity contribution in [3.05, 3.63) is 0 Å². The summed E-state index contributed by atoms with van der Waals surface area (Å²) in [4.78, 5) is 22.8. The van der Waals surface area contributed by atoms with Gasteiger partial charge in [-0.15, -0.1) is 0 Å². The normalized spacial score (nSPS) is 20.5. The van der Waals surface area contributed by atoms with Crippen molar-refractivity contribution in [3.63, 3.8) is 0 Å². The third-order valence-corrected chi connectivity index (χ3v) is 2.82. The molecule has 4 nitrogen and oxygen atoms in total. The van der Waals surface area contributed by atoms with E-state index in [9.17, 15) is 9.59 Å². The van der Waals surface area contributed by atoms with Gasteiger partial charge in [0, 0.05) is 0 Å². The van der Waals surface area contributed by atoms with Crippen LogP contribution in [0, 0.1) is 0 Å². The maximum Gasteiger partial charge on any atom is 0.407 e. The van der Waals surface area contributed by atoms with E-state index in [1.54, 1.807) is 6.92 Å². The standard InChI is InChI=1S/C9H15NO3S/c1-6(14)7(11)9(4-3-5-9)10-8(12)13-2/h6,14H,3-5H2,1-2H3,(H,10,12). The number of methoxy groups -OCH3 is 1. The van der Waals surface area contributed by atoms with Crippen molar-refractivity contribution in [2.45, 2.75) is 37.0 Å². The van der Waals surface area contributed by atoms with Crippen LogP contribution in [0.3, 0.4) is 0 Å². The summed E-state index contributed by atoms with van der Waals surface area (Å²) in [5.74, 6) is -0.0301. The molecule has 5 heteroatoms. The van der Waals surface area contributed by atoms with Crippen molar-refractivity contribution < 1.29 is 14.3 Å². The first-order valence-electron chi connectivity index (χ1n) is 4.60. The molecule has 0 radical (unpaired) electrons. The predicted octanol–water partition coefficient (Wildman–Crippen LogP) is 1.15. The van der Waals surface area contributed by atoms with E-state index in [1.807, 2.05) is 0 Å². The van der Waals surface area contributed by atoms with E-state index < -0.39 is 11.6 Å². The van der Waals surface area contributed by atoms with E-state index >= 15 is 0 Å². The molecule has 0 aliphatic heterocycles. The molecule has 0 heterocycles. The summed E-state index contributed by atoms with van der Waals surface area (Å²) < 4.78 is 4.48. The maximum absolute atomic E-state index is 11.8. The molecule has 80 valence electrons. The Morgan fingerprint density at radius 2 is 2.07 bits per heavy atom. The Bertz CT molecular complexity index is 248. The third kappa shape index (κ3) is 2.03. The maximum atomic E-state index is 11.8. The first-order chi connectivity index (χ1) is 6.52. The van der Waals surface area contributed by atoms with Gasteiger partial charge in [-0.25, -0.2) is 4.79 Å². The summed E-state index contributed by atoms with van der Waals surface area (Å²) in [6.45, 7) is 1.71. The van der Waals surface area contributed by atoms with Crippen LogP contribution in [0.25, 0.3) is 0 Å². The van der Waals surface area contributed by atoms with Gasteiger partial charge in [0.1, 0.15) is 5.54 Å². The van der Waals surface area contributed by atoms with Gasteiger partial charge in [-0.3, -0.25) is 4.79 Å². The number of ether oxygens (including phenoxy) is 1. The smallest absolute Gasteiger partial charge is 0.407 e. The van der Waals surface area contributed by atoms with Crippen LogP contribution in [0.5, 0.6) is 0 Å². The number of amides is 1. The van der Waals surface area contributed by atoms with E-state index in [4.69, 9.17) is 0 Å². The molecule has 1 atom stereocenters. The summed E-state index contributed by atoms with van der Waals surface area (Å²) in [5.41, 5.74) is -0.714. The fourth-order valence-electron chi connectivity index (χ4n) is 1.61. The minimum Gasteiger partial charge on any atom is -0.453 e. The quantitative estimate of drug-likeness (QED) is 0.697. The van der Waals surface area contributed by atoms with Crippen LogP contribution < -0.4 is 5.32 Å². The molecule has 1 amide bonds. The summed E-state index contributed by atoms with van der Waals surface area (Å²) in [6.07, 6.45) is 1.78. The van der Waals surface area contributed by atoms with E-state index in [-0.39, 0.29) is 11.0 Å². The van der Waals surface area contributed by atoms with E-state index in [2.05, 4.69) is 22.7 Å². The number of thiol groups is 1. The Morgan fingerprint density at radius 1 is 1.50 bits per heavy atom. The second kappa shape index (κ2) is 4.21. The molecular formula is C9H15NO3S. The first kappa shape index (κ1) is 11.4. The minimum atomic E-state index is -0.714. The molecule has 0 aromatic heterocycles. The molecular weight excluding hydrogens is 202 g/mol. The van der Waals surface area contributed by atoms with Crippen molar-refractivity contribution in [1.82, 2.24) is 5.32 Å². The van der Waals surface area contributed by atoms with Crippen LogP contribution in [0.4, 0.5) is 4.79 Å². The molecule has 0 spiro atoms. The molecule has 1 fully saturated rings. The number of carbonyl (C=O) groups excluding carboxylic acids is 2. The fraction of sp³-hybridized carbons (Fsp3) is 0.778. The Kier molecular flexibility index (Phi) is 3.42. The molecule has 14 heavy (non-hydrogen) atoms. The zero-order valence-corrected chi connectivity index (χ0v) is 9.27. The van der Waals surface area contributed by atoms with Gasteiger partial charge in [0.25, 0.3) is 0 Å². The van der Waals surface area contributed by atoms with Gasteiger partial charge in [0.05, 0.1) is 12.4 Å². The monoisotopic (exact) mass is 217 g/mol.